The van der Waals surface area contributed by atoms with Gasteiger partial charge in [0.05, 0.1) is 0 Å². The lowest BCUT2D eigenvalue weighted by Crippen LogP contribution is -2.36. The molecule has 0 aromatic heterocycles. The van der Waals surface area contributed by atoms with Crippen LogP contribution in [0.1, 0.15) is 22.0 Å². The monoisotopic (exact) mass is 406 g/mol. The lowest BCUT2D eigenvalue weighted by Gasteiger charge is -2.18. The molecule has 0 saturated carbocycles. The van der Waals surface area contributed by atoms with Crippen LogP contribution in [0.25, 0.3) is 0 Å². The number of amides is 2. The zero-order valence-electron chi connectivity index (χ0n) is 15.9. The molecule has 152 valence electrons. The molecule has 3 rings (SSSR count). The van der Waals surface area contributed by atoms with Crippen molar-refractivity contribution in [3.63, 3.8) is 0 Å². The number of carbonyl (C=O) groups excluding carboxylic acids is 3. The molecule has 1 unspecified atom stereocenters. The Bertz CT molecular complexity index is 1030. The Hall–Kier alpha value is -4.00. The molecule has 1 atom stereocenters. The number of carbonyl (C=O) groups is 3. The van der Waals surface area contributed by atoms with Gasteiger partial charge in [-0.15, -0.1) is 0 Å². The van der Waals surface area contributed by atoms with Crippen molar-refractivity contribution < 1.29 is 23.5 Å². The molecule has 3 aromatic rings. The molecule has 0 fully saturated rings. The van der Waals surface area contributed by atoms with Crippen LogP contribution in [0.4, 0.5) is 10.1 Å². The number of hydrogen-bond donors (Lipinski definition) is 2. The summed E-state index contributed by atoms with van der Waals surface area (Å²) in [6.45, 7) is -0.583. The molecule has 0 spiro atoms. The molecule has 0 heterocycles. The number of nitrogens with one attached hydrogen (secondary N) is 2. The van der Waals surface area contributed by atoms with Gasteiger partial charge in [-0.2, -0.15) is 0 Å². The van der Waals surface area contributed by atoms with Gasteiger partial charge in [-0.3, -0.25) is 9.59 Å². The van der Waals surface area contributed by atoms with E-state index in [1.54, 1.807) is 60.7 Å². The van der Waals surface area contributed by atoms with E-state index in [2.05, 4.69) is 10.6 Å². The number of halogens is 1. The molecule has 0 aliphatic carbocycles. The number of anilines is 1. The van der Waals surface area contributed by atoms with Gasteiger partial charge in [0.1, 0.15) is 5.82 Å². The van der Waals surface area contributed by atoms with Gasteiger partial charge in [0.15, 0.2) is 12.6 Å². The molecule has 2 N–H and O–H groups in total. The summed E-state index contributed by atoms with van der Waals surface area (Å²) in [5.41, 5.74) is 1.14. The van der Waals surface area contributed by atoms with Crippen LogP contribution in [0.2, 0.25) is 0 Å². The average Bonchev–Trinajstić information content (AvgIpc) is 2.77. The highest BCUT2D eigenvalue weighted by molar-refractivity contribution is 5.97. The minimum Gasteiger partial charge on any atom is -0.454 e. The summed E-state index contributed by atoms with van der Waals surface area (Å²) in [5.74, 6) is -2.38. The molecule has 0 aliphatic rings. The van der Waals surface area contributed by atoms with Crippen LogP contribution >= 0.6 is 0 Å². The highest BCUT2D eigenvalue weighted by Gasteiger charge is 2.25. The van der Waals surface area contributed by atoms with Crippen molar-refractivity contribution in [3.8, 4) is 0 Å². The minimum absolute atomic E-state index is 0.244. The van der Waals surface area contributed by atoms with E-state index >= 15 is 0 Å². The number of rotatable bonds is 7. The van der Waals surface area contributed by atoms with E-state index in [0.29, 0.717) is 11.1 Å². The third-order valence-corrected chi connectivity index (χ3v) is 4.13. The summed E-state index contributed by atoms with van der Waals surface area (Å²) in [5, 5.41) is 5.08. The second kappa shape index (κ2) is 9.97. The maximum absolute atomic E-state index is 13.2. The van der Waals surface area contributed by atoms with E-state index in [4.69, 9.17) is 4.74 Å². The van der Waals surface area contributed by atoms with Crippen molar-refractivity contribution in [2.45, 2.75) is 6.04 Å². The molecule has 0 aliphatic heterocycles. The van der Waals surface area contributed by atoms with E-state index in [1.807, 2.05) is 0 Å². The third kappa shape index (κ3) is 5.75. The van der Waals surface area contributed by atoms with E-state index in [0.717, 1.165) is 6.07 Å². The normalized spacial score (nSPS) is 11.2. The van der Waals surface area contributed by atoms with Gasteiger partial charge < -0.3 is 15.4 Å². The van der Waals surface area contributed by atoms with Gasteiger partial charge >= 0.3 is 5.97 Å². The van der Waals surface area contributed by atoms with Gasteiger partial charge in [-0.1, -0.05) is 54.6 Å². The maximum Gasteiger partial charge on any atom is 0.333 e. The van der Waals surface area contributed by atoms with E-state index in [1.165, 1.54) is 18.2 Å². The largest absolute Gasteiger partial charge is 0.454 e. The highest BCUT2D eigenvalue weighted by atomic mass is 19.1. The number of ether oxygens (including phenoxy) is 1. The molecule has 7 heteroatoms. The second-order valence-electron chi connectivity index (χ2n) is 6.35. The topological polar surface area (TPSA) is 84.5 Å². The van der Waals surface area contributed by atoms with Gasteiger partial charge in [-0.25, -0.2) is 9.18 Å². The third-order valence-electron chi connectivity index (χ3n) is 4.13. The smallest absolute Gasteiger partial charge is 0.333 e. The Kier molecular flexibility index (Phi) is 6.89. The van der Waals surface area contributed by atoms with Crippen LogP contribution in [-0.4, -0.2) is 24.4 Å². The van der Waals surface area contributed by atoms with Gasteiger partial charge in [0.2, 0.25) is 0 Å². The Labute approximate surface area is 172 Å². The molecule has 6 nitrogen and oxygen atoms in total. The molecule has 0 saturated heterocycles. The SMILES string of the molecule is O=C(COC(=O)C(NC(=O)c1ccccc1)c1ccccc1)Nc1cccc(F)c1. The van der Waals surface area contributed by atoms with E-state index in [9.17, 15) is 18.8 Å². The summed E-state index contributed by atoms with van der Waals surface area (Å²) in [7, 11) is 0. The molecule has 0 bridgehead atoms. The minimum atomic E-state index is -1.10. The van der Waals surface area contributed by atoms with Crippen molar-refractivity contribution in [2.24, 2.45) is 0 Å². The first-order valence-electron chi connectivity index (χ1n) is 9.16. The van der Waals surface area contributed by atoms with Crippen molar-refractivity contribution in [1.29, 1.82) is 0 Å². The Balaban J connectivity index is 1.66. The van der Waals surface area contributed by atoms with Crippen LogP contribution < -0.4 is 10.6 Å². The average molecular weight is 406 g/mol. The number of benzene rings is 3. The Morgan fingerprint density at radius 1 is 0.867 bits per heavy atom. The summed E-state index contributed by atoms with van der Waals surface area (Å²) >= 11 is 0. The van der Waals surface area contributed by atoms with Crippen molar-refractivity contribution in [1.82, 2.24) is 5.32 Å². The summed E-state index contributed by atoms with van der Waals surface area (Å²) in [6, 6.07) is 21.2. The lowest BCUT2D eigenvalue weighted by molar-refractivity contribution is -0.149. The van der Waals surface area contributed by atoms with Crippen LogP contribution in [-0.2, 0) is 14.3 Å². The zero-order valence-corrected chi connectivity index (χ0v) is 15.9. The molecular formula is C23H19FN2O4. The molecule has 0 radical (unpaired) electrons. The zero-order chi connectivity index (χ0) is 21.3. The maximum atomic E-state index is 13.2. The molecule has 2 amide bonds. The van der Waals surface area contributed by atoms with E-state index < -0.39 is 36.2 Å². The van der Waals surface area contributed by atoms with Crippen LogP contribution in [0.15, 0.2) is 84.9 Å². The van der Waals surface area contributed by atoms with Crippen LogP contribution in [0.3, 0.4) is 0 Å². The quantitative estimate of drug-likeness (QED) is 0.589. The standard InChI is InChI=1S/C23H19FN2O4/c24-18-12-7-13-19(14-18)25-20(27)15-30-23(29)21(16-8-3-1-4-9-16)26-22(28)17-10-5-2-6-11-17/h1-14,21H,15H2,(H,25,27)(H,26,28). The Morgan fingerprint density at radius 2 is 1.53 bits per heavy atom. The van der Waals surface area contributed by atoms with Crippen LogP contribution in [0.5, 0.6) is 0 Å². The van der Waals surface area contributed by atoms with Gasteiger partial charge in [-0.05, 0) is 35.9 Å². The van der Waals surface area contributed by atoms with E-state index in [-0.39, 0.29) is 5.69 Å². The van der Waals surface area contributed by atoms with Crippen molar-refractivity contribution >= 4 is 23.5 Å². The fourth-order valence-corrected chi connectivity index (χ4v) is 2.71. The summed E-state index contributed by atoms with van der Waals surface area (Å²) < 4.78 is 18.3. The number of esters is 1. The van der Waals surface area contributed by atoms with Crippen molar-refractivity contribution in [3.05, 3.63) is 102 Å². The molecule has 30 heavy (non-hydrogen) atoms. The highest BCUT2D eigenvalue weighted by Crippen LogP contribution is 2.16. The molecular weight excluding hydrogens is 387 g/mol. The summed E-state index contributed by atoms with van der Waals surface area (Å²) in [4.78, 5) is 37.2. The number of hydrogen-bond acceptors (Lipinski definition) is 4. The van der Waals surface area contributed by atoms with Gasteiger partial charge in [0.25, 0.3) is 11.8 Å². The molecule has 3 aromatic carbocycles. The first-order valence-corrected chi connectivity index (χ1v) is 9.16. The first-order chi connectivity index (χ1) is 14.5. The van der Waals surface area contributed by atoms with Gasteiger partial charge in [0, 0.05) is 11.3 Å². The second-order valence-corrected chi connectivity index (χ2v) is 6.35. The summed E-state index contributed by atoms with van der Waals surface area (Å²) in [6.07, 6.45) is 0. The van der Waals surface area contributed by atoms with Crippen molar-refractivity contribution in [2.75, 3.05) is 11.9 Å². The fourth-order valence-electron chi connectivity index (χ4n) is 2.71. The fraction of sp³-hybridized carbons (Fsp3) is 0.0870. The first kappa shape index (κ1) is 20.7. The Morgan fingerprint density at radius 3 is 2.20 bits per heavy atom. The van der Waals surface area contributed by atoms with Crippen LogP contribution in [0, 0.1) is 5.82 Å². The predicted octanol–water partition coefficient (Wildman–Crippen LogP) is 3.48. The predicted molar refractivity (Wildman–Crippen MR) is 109 cm³/mol. The lowest BCUT2D eigenvalue weighted by atomic mass is 10.1.